The summed E-state index contributed by atoms with van der Waals surface area (Å²) in [6.45, 7) is 2.39. The quantitative estimate of drug-likeness (QED) is 0.426. The SMILES string of the molecule is O=C1NS(=O)(=O)C/C=C/[C@@]2(O)CCO[C@H](C2)[C@@H]2CC[C@H]2CN2C[C@@]3(CCCc4cc(Cl)ccc43)COc3ccc1cc32. The topological polar surface area (TPSA) is 105 Å². The van der Waals surface area contributed by atoms with E-state index in [-0.39, 0.29) is 23.0 Å². The molecule has 10 heteroatoms. The molecule has 0 unspecified atom stereocenters. The fourth-order valence-corrected chi connectivity index (χ4v) is 8.84. The Morgan fingerprint density at radius 1 is 1.12 bits per heavy atom. The molecule has 2 aliphatic carbocycles. The smallest absolute Gasteiger partial charge is 0.264 e. The number of hydrogen-bond donors (Lipinski definition) is 2. The fraction of sp³-hybridized carbons (Fsp3) is 0.531. The summed E-state index contributed by atoms with van der Waals surface area (Å²) in [6.07, 6.45) is 8.83. The van der Waals surface area contributed by atoms with Crippen LogP contribution in [0.4, 0.5) is 5.69 Å². The van der Waals surface area contributed by atoms with Gasteiger partial charge in [0.05, 0.1) is 36.4 Å². The molecular weight excluding hydrogens is 576 g/mol. The van der Waals surface area contributed by atoms with Crippen LogP contribution in [0.1, 0.15) is 60.0 Å². The van der Waals surface area contributed by atoms with E-state index in [4.69, 9.17) is 21.1 Å². The highest BCUT2D eigenvalue weighted by molar-refractivity contribution is 7.90. The number of benzene rings is 2. The van der Waals surface area contributed by atoms with Crippen LogP contribution in [0.25, 0.3) is 0 Å². The zero-order valence-electron chi connectivity index (χ0n) is 23.6. The van der Waals surface area contributed by atoms with E-state index in [1.165, 1.54) is 17.2 Å². The molecule has 8 nitrogen and oxygen atoms in total. The van der Waals surface area contributed by atoms with Gasteiger partial charge < -0.3 is 19.5 Å². The molecule has 3 aliphatic heterocycles. The standard InChI is InChI=1S/C32H37ClN2O6S/c33-24-6-8-26-21(15-24)3-1-10-31(26)19-35-18-23-4-7-25(23)29-17-32(37,12-13-40-29)11-2-14-42(38,39)34-30(36)22-5-9-28(41-20-31)27(35)16-22/h2,5-6,8-9,11,15-16,23,25,29,37H,1,3-4,7,10,12-14,17-20H2,(H,34,36)/b11-2+/t23-,25+,29+,31-,32+/m0/s1. The van der Waals surface area contributed by atoms with Crippen molar-refractivity contribution < 1.29 is 27.8 Å². The van der Waals surface area contributed by atoms with E-state index in [1.54, 1.807) is 24.3 Å². The minimum atomic E-state index is -3.96. The summed E-state index contributed by atoms with van der Waals surface area (Å²) in [6, 6.07) is 11.4. The number of rotatable bonds is 0. The number of aryl methyl sites for hydroxylation is 1. The molecule has 2 fully saturated rings. The van der Waals surface area contributed by atoms with Gasteiger partial charge >= 0.3 is 0 Å². The summed E-state index contributed by atoms with van der Waals surface area (Å²) in [4.78, 5) is 15.6. The second-order valence-corrected chi connectivity index (χ2v) is 15.1. The molecule has 224 valence electrons. The molecule has 2 N–H and O–H groups in total. The van der Waals surface area contributed by atoms with Gasteiger partial charge in [-0.3, -0.25) is 4.79 Å². The number of fused-ring (bicyclic) bond motifs is 7. The predicted molar refractivity (Wildman–Crippen MR) is 161 cm³/mol. The summed E-state index contributed by atoms with van der Waals surface area (Å²) >= 11 is 6.39. The summed E-state index contributed by atoms with van der Waals surface area (Å²) in [7, 11) is -3.96. The van der Waals surface area contributed by atoms with E-state index >= 15 is 0 Å². The van der Waals surface area contributed by atoms with Gasteiger partial charge in [0.1, 0.15) is 5.75 Å². The minimum absolute atomic E-state index is 0.100. The van der Waals surface area contributed by atoms with E-state index in [2.05, 4.69) is 21.8 Å². The Hall–Kier alpha value is -2.59. The number of amides is 1. The van der Waals surface area contributed by atoms with Crippen LogP contribution < -0.4 is 14.4 Å². The number of aliphatic hydroxyl groups is 1. The Kier molecular flexibility index (Phi) is 7.08. The monoisotopic (exact) mass is 612 g/mol. The van der Waals surface area contributed by atoms with Crippen LogP contribution in [0, 0.1) is 11.8 Å². The molecule has 0 radical (unpaired) electrons. The average Bonchev–Trinajstić information content (AvgIpc) is 3.07. The second-order valence-electron chi connectivity index (χ2n) is 12.9. The van der Waals surface area contributed by atoms with E-state index in [0.717, 1.165) is 49.4 Å². The lowest BCUT2D eigenvalue weighted by atomic mass is 9.66. The van der Waals surface area contributed by atoms with Crippen LogP contribution in [0.5, 0.6) is 5.75 Å². The largest absolute Gasteiger partial charge is 0.490 e. The first-order valence-electron chi connectivity index (χ1n) is 15.0. The van der Waals surface area contributed by atoms with E-state index in [9.17, 15) is 18.3 Å². The number of hydrogen-bond acceptors (Lipinski definition) is 7. The number of nitrogens with zero attached hydrogens (tertiary/aromatic N) is 1. The summed E-state index contributed by atoms with van der Waals surface area (Å²) in [5.41, 5.74) is 2.20. The van der Waals surface area contributed by atoms with Crippen LogP contribution in [-0.4, -0.2) is 63.2 Å². The first-order valence-corrected chi connectivity index (χ1v) is 17.0. The second kappa shape index (κ2) is 10.5. The lowest BCUT2D eigenvalue weighted by Crippen LogP contribution is -2.52. The third kappa shape index (κ3) is 5.23. The molecule has 7 rings (SSSR count). The van der Waals surface area contributed by atoms with E-state index in [1.807, 2.05) is 6.07 Å². The van der Waals surface area contributed by atoms with E-state index in [0.29, 0.717) is 44.3 Å². The minimum Gasteiger partial charge on any atom is -0.490 e. The zero-order chi connectivity index (χ0) is 29.1. The van der Waals surface area contributed by atoms with Crippen molar-refractivity contribution in [3.05, 3.63) is 70.3 Å². The number of carbonyl (C=O) groups is 1. The maximum atomic E-state index is 13.2. The van der Waals surface area contributed by atoms with Crippen LogP contribution in [0.15, 0.2) is 48.6 Å². The van der Waals surface area contributed by atoms with Gasteiger partial charge in [0.25, 0.3) is 5.91 Å². The number of halogens is 1. The molecule has 5 atom stereocenters. The van der Waals surface area contributed by atoms with Gasteiger partial charge in [-0.05, 0) is 85.4 Å². The van der Waals surface area contributed by atoms with Crippen molar-refractivity contribution in [2.75, 3.05) is 37.0 Å². The average molecular weight is 613 g/mol. The van der Waals surface area contributed by atoms with Gasteiger partial charge in [-0.2, -0.15) is 0 Å². The zero-order valence-corrected chi connectivity index (χ0v) is 25.1. The number of carbonyl (C=O) groups excluding carboxylic acids is 1. The fourth-order valence-electron chi connectivity index (χ4n) is 7.81. The molecule has 2 aromatic rings. The highest BCUT2D eigenvalue weighted by Crippen LogP contribution is 2.48. The predicted octanol–water partition coefficient (Wildman–Crippen LogP) is 4.38. The highest BCUT2D eigenvalue weighted by Gasteiger charge is 2.47. The van der Waals surface area contributed by atoms with Crippen molar-refractivity contribution in [3.8, 4) is 5.75 Å². The molecule has 1 amide bonds. The van der Waals surface area contributed by atoms with Crippen molar-refractivity contribution in [3.63, 3.8) is 0 Å². The Morgan fingerprint density at radius 3 is 2.83 bits per heavy atom. The van der Waals surface area contributed by atoms with Gasteiger partial charge in [0.15, 0.2) is 0 Å². The molecule has 3 heterocycles. The number of anilines is 1. The Labute approximate surface area is 252 Å². The Morgan fingerprint density at radius 2 is 2.00 bits per heavy atom. The van der Waals surface area contributed by atoms with Gasteiger partial charge in [-0.15, -0.1) is 0 Å². The summed E-state index contributed by atoms with van der Waals surface area (Å²) in [5.74, 6) is 0.250. The Bertz CT molecular complexity index is 1550. The Balaban J connectivity index is 1.30. The third-order valence-corrected chi connectivity index (χ3v) is 11.5. The molecule has 4 bridgehead atoms. The summed E-state index contributed by atoms with van der Waals surface area (Å²) in [5, 5.41) is 12.1. The van der Waals surface area contributed by atoms with Crippen LogP contribution >= 0.6 is 11.6 Å². The molecule has 2 aromatic carbocycles. The maximum Gasteiger partial charge on any atom is 0.264 e. The van der Waals surface area contributed by atoms with Gasteiger partial charge in [0.2, 0.25) is 10.0 Å². The van der Waals surface area contributed by atoms with Crippen molar-refractivity contribution in [2.24, 2.45) is 11.8 Å². The molecular formula is C32H37ClN2O6S. The van der Waals surface area contributed by atoms with Crippen molar-refractivity contribution in [1.29, 1.82) is 0 Å². The van der Waals surface area contributed by atoms with Crippen LogP contribution in [-0.2, 0) is 26.6 Å². The molecule has 0 aromatic heterocycles. The van der Waals surface area contributed by atoms with Crippen molar-refractivity contribution >= 4 is 33.2 Å². The van der Waals surface area contributed by atoms with Crippen molar-refractivity contribution in [2.45, 2.75) is 62.1 Å². The lowest BCUT2D eigenvalue weighted by molar-refractivity contribution is -0.125. The maximum absolute atomic E-state index is 13.2. The first kappa shape index (κ1) is 28.2. The van der Waals surface area contributed by atoms with Gasteiger partial charge in [-0.25, -0.2) is 13.1 Å². The van der Waals surface area contributed by atoms with Gasteiger partial charge in [-0.1, -0.05) is 29.8 Å². The van der Waals surface area contributed by atoms with Crippen LogP contribution in [0.3, 0.4) is 0 Å². The molecule has 5 aliphatic rings. The molecule has 1 spiro atoms. The normalized spacial score (nSPS) is 34.6. The van der Waals surface area contributed by atoms with E-state index < -0.39 is 27.3 Å². The number of nitrogens with one attached hydrogen (secondary N) is 1. The highest BCUT2D eigenvalue weighted by atomic mass is 35.5. The molecule has 1 saturated carbocycles. The molecule has 42 heavy (non-hydrogen) atoms. The van der Waals surface area contributed by atoms with Crippen LogP contribution in [0.2, 0.25) is 5.02 Å². The molecule has 1 saturated heterocycles. The van der Waals surface area contributed by atoms with Gasteiger partial charge in [0, 0.05) is 41.9 Å². The van der Waals surface area contributed by atoms with Crippen molar-refractivity contribution in [1.82, 2.24) is 4.72 Å². The lowest BCUT2D eigenvalue weighted by Gasteiger charge is -2.48. The third-order valence-electron chi connectivity index (χ3n) is 10.1. The summed E-state index contributed by atoms with van der Waals surface area (Å²) < 4.78 is 40.6. The number of sulfonamides is 1. The first-order chi connectivity index (χ1) is 20.1. The number of ether oxygens (including phenoxy) is 2.